The van der Waals surface area contributed by atoms with Crippen LogP contribution in [0.1, 0.15) is 5.56 Å². The molecule has 2 heterocycles. The number of guanidine groups is 1. The summed E-state index contributed by atoms with van der Waals surface area (Å²) in [6, 6.07) is 12.7. The number of nitro benzene ring substituents is 1. The highest BCUT2D eigenvalue weighted by molar-refractivity contribution is 14.0. The average Bonchev–Trinajstić information content (AvgIpc) is 2.70. The quantitative estimate of drug-likeness (QED) is 0.237. The van der Waals surface area contributed by atoms with Crippen LogP contribution in [0.4, 0.5) is 11.5 Å². The number of piperazine rings is 1. The van der Waals surface area contributed by atoms with Crippen LogP contribution >= 0.6 is 24.0 Å². The topological polar surface area (TPSA) is 86.9 Å². The van der Waals surface area contributed by atoms with Crippen LogP contribution in [0.15, 0.2) is 53.7 Å². The van der Waals surface area contributed by atoms with Gasteiger partial charge in [0.25, 0.3) is 5.69 Å². The molecule has 27 heavy (non-hydrogen) atoms. The molecule has 0 bridgehead atoms. The van der Waals surface area contributed by atoms with E-state index >= 15 is 0 Å². The minimum Gasteiger partial charge on any atom is -0.353 e. The van der Waals surface area contributed by atoms with Crippen LogP contribution in [0, 0.1) is 10.1 Å². The largest absolute Gasteiger partial charge is 0.353 e. The summed E-state index contributed by atoms with van der Waals surface area (Å²) in [6.45, 7) is 3.69. The summed E-state index contributed by atoms with van der Waals surface area (Å²) in [6.07, 6.45) is 1.80. The fourth-order valence-electron chi connectivity index (χ4n) is 3.03. The van der Waals surface area contributed by atoms with E-state index in [0.717, 1.165) is 38.0 Å². The maximum Gasteiger partial charge on any atom is 0.274 e. The van der Waals surface area contributed by atoms with Crippen molar-refractivity contribution in [2.24, 2.45) is 4.99 Å². The fourth-order valence-corrected chi connectivity index (χ4v) is 3.03. The molecular formula is C18H23IN6O2. The molecule has 0 aliphatic carbocycles. The number of hydrogen-bond acceptors (Lipinski definition) is 5. The van der Waals surface area contributed by atoms with E-state index in [-0.39, 0.29) is 34.6 Å². The lowest BCUT2D eigenvalue weighted by molar-refractivity contribution is -0.385. The van der Waals surface area contributed by atoms with Crippen molar-refractivity contribution in [1.29, 1.82) is 0 Å². The van der Waals surface area contributed by atoms with Gasteiger partial charge in [0.2, 0.25) is 0 Å². The van der Waals surface area contributed by atoms with Gasteiger partial charge in [0.05, 0.1) is 4.92 Å². The Morgan fingerprint density at radius 3 is 2.52 bits per heavy atom. The van der Waals surface area contributed by atoms with Gasteiger partial charge in [-0.25, -0.2) is 4.98 Å². The Hall–Kier alpha value is -2.43. The maximum absolute atomic E-state index is 11.1. The molecule has 0 saturated carbocycles. The van der Waals surface area contributed by atoms with Crippen LogP contribution in [0.2, 0.25) is 0 Å². The lowest BCUT2D eigenvalue weighted by atomic mass is 10.2. The van der Waals surface area contributed by atoms with Gasteiger partial charge in [-0.15, -0.1) is 24.0 Å². The summed E-state index contributed by atoms with van der Waals surface area (Å²) in [5.41, 5.74) is 0.765. The molecular weight excluding hydrogens is 459 g/mol. The third kappa shape index (κ3) is 5.28. The highest BCUT2D eigenvalue weighted by atomic mass is 127. The first kappa shape index (κ1) is 20.9. The number of hydrogen-bond donors (Lipinski definition) is 1. The molecule has 1 saturated heterocycles. The Kier molecular flexibility index (Phi) is 7.77. The number of pyridine rings is 1. The van der Waals surface area contributed by atoms with Crippen molar-refractivity contribution < 1.29 is 4.92 Å². The number of nitrogens with zero attached hydrogens (tertiary/aromatic N) is 5. The first-order chi connectivity index (χ1) is 12.7. The van der Waals surface area contributed by atoms with Gasteiger partial charge >= 0.3 is 0 Å². The average molecular weight is 482 g/mol. The van der Waals surface area contributed by atoms with Gasteiger partial charge in [-0.3, -0.25) is 15.1 Å². The Morgan fingerprint density at radius 1 is 1.19 bits per heavy atom. The summed E-state index contributed by atoms with van der Waals surface area (Å²) in [5, 5.41) is 14.4. The van der Waals surface area contributed by atoms with Crippen molar-refractivity contribution in [3.63, 3.8) is 0 Å². The van der Waals surface area contributed by atoms with E-state index in [1.165, 1.54) is 6.07 Å². The SMILES string of the molecule is CN=C(NCc1ccccc1[N+](=O)[O-])N1CCN(c2ccccn2)CC1.I. The molecule has 2 aromatic rings. The van der Waals surface area contributed by atoms with E-state index in [9.17, 15) is 10.1 Å². The van der Waals surface area contributed by atoms with Crippen molar-refractivity contribution in [2.75, 3.05) is 38.1 Å². The number of halogens is 1. The molecule has 0 amide bonds. The number of rotatable bonds is 4. The molecule has 1 N–H and O–H groups in total. The summed E-state index contributed by atoms with van der Waals surface area (Å²) < 4.78 is 0. The van der Waals surface area contributed by atoms with Crippen LogP contribution in [-0.2, 0) is 6.54 Å². The van der Waals surface area contributed by atoms with Gasteiger partial charge < -0.3 is 15.1 Å². The highest BCUT2D eigenvalue weighted by Gasteiger charge is 2.21. The van der Waals surface area contributed by atoms with Gasteiger partial charge in [-0.05, 0) is 12.1 Å². The van der Waals surface area contributed by atoms with Crippen LogP contribution in [0.25, 0.3) is 0 Å². The van der Waals surface area contributed by atoms with Crippen LogP contribution in [0.3, 0.4) is 0 Å². The molecule has 9 heteroatoms. The third-order valence-electron chi connectivity index (χ3n) is 4.39. The summed E-state index contributed by atoms with van der Waals surface area (Å²) in [4.78, 5) is 23.9. The fraction of sp³-hybridized carbons (Fsp3) is 0.333. The number of benzene rings is 1. The second-order valence-electron chi connectivity index (χ2n) is 5.95. The molecule has 1 aliphatic heterocycles. The Balaban J connectivity index is 0.00000261. The van der Waals surface area contributed by atoms with Crippen molar-refractivity contribution in [3.05, 3.63) is 64.3 Å². The normalized spacial score (nSPS) is 14.5. The monoisotopic (exact) mass is 482 g/mol. The van der Waals surface area contributed by atoms with Gasteiger partial charge in [-0.2, -0.15) is 0 Å². The van der Waals surface area contributed by atoms with Gasteiger partial charge in [0, 0.05) is 57.6 Å². The first-order valence-corrected chi connectivity index (χ1v) is 8.53. The van der Waals surface area contributed by atoms with E-state index < -0.39 is 0 Å². The highest BCUT2D eigenvalue weighted by Crippen LogP contribution is 2.17. The predicted octanol–water partition coefficient (Wildman–Crippen LogP) is 2.51. The maximum atomic E-state index is 11.1. The number of nitrogens with one attached hydrogen (secondary N) is 1. The summed E-state index contributed by atoms with van der Waals surface area (Å²) in [5.74, 6) is 1.74. The van der Waals surface area contributed by atoms with E-state index in [2.05, 4.69) is 25.1 Å². The molecule has 0 unspecified atom stereocenters. The molecule has 0 spiro atoms. The Labute approximate surface area is 175 Å². The van der Waals surface area contributed by atoms with Crippen LogP contribution < -0.4 is 10.2 Å². The molecule has 3 rings (SSSR count). The lowest BCUT2D eigenvalue weighted by Gasteiger charge is -2.37. The zero-order valence-corrected chi connectivity index (χ0v) is 17.4. The van der Waals surface area contributed by atoms with Gasteiger partial charge in [-0.1, -0.05) is 24.3 Å². The summed E-state index contributed by atoms with van der Waals surface area (Å²) in [7, 11) is 1.73. The second-order valence-corrected chi connectivity index (χ2v) is 5.95. The molecule has 144 valence electrons. The molecule has 1 aliphatic rings. The standard InChI is InChI=1S/C18H22N6O2.HI/c1-19-18(21-14-15-6-2-3-7-16(15)24(25)26)23-12-10-22(11-13-23)17-8-4-5-9-20-17;/h2-9H,10-14H2,1H3,(H,19,21);1H. The van der Waals surface area contributed by atoms with Crippen LogP contribution in [0.5, 0.6) is 0 Å². The molecule has 1 aromatic carbocycles. The van der Waals surface area contributed by atoms with Crippen molar-refractivity contribution in [2.45, 2.75) is 6.54 Å². The Bertz CT molecular complexity index is 778. The molecule has 8 nitrogen and oxygen atoms in total. The zero-order chi connectivity index (χ0) is 18.4. The lowest BCUT2D eigenvalue weighted by Crippen LogP contribution is -2.52. The van der Waals surface area contributed by atoms with Gasteiger partial charge in [0.1, 0.15) is 5.82 Å². The minimum atomic E-state index is -0.356. The van der Waals surface area contributed by atoms with E-state index in [4.69, 9.17) is 0 Å². The third-order valence-corrected chi connectivity index (χ3v) is 4.39. The molecule has 0 atom stereocenters. The number of para-hydroxylation sites is 1. The van der Waals surface area contributed by atoms with E-state index in [0.29, 0.717) is 12.1 Å². The van der Waals surface area contributed by atoms with E-state index in [1.807, 2.05) is 18.2 Å². The van der Waals surface area contributed by atoms with Crippen molar-refractivity contribution >= 4 is 41.4 Å². The number of anilines is 1. The summed E-state index contributed by atoms with van der Waals surface area (Å²) >= 11 is 0. The number of aromatic nitrogens is 1. The van der Waals surface area contributed by atoms with Crippen LogP contribution in [-0.4, -0.2) is 54.0 Å². The number of aliphatic imine (C=N–C) groups is 1. The Morgan fingerprint density at radius 2 is 1.89 bits per heavy atom. The molecule has 0 radical (unpaired) electrons. The smallest absolute Gasteiger partial charge is 0.274 e. The van der Waals surface area contributed by atoms with Crippen molar-refractivity contribution in [3.8, 4) is 0 Å². The second kappa shape index (κ2) is 10.0. The van der Waals surface area contributed by atoms with Crippen molar-refractivity contribution in [1.82, 2.24) is 15.2 Å². The number of nitro groups is 1. The molecule has 1 fully saturated rings. The molecule has 1 aromatic heterocycles. The predicted molar refractivity (Wildman–Crippen MR) is 117 cm³/mol. The van der Waals surface area contributed by atoms with Gasteiger partial charge in [0.15, 0.2) is 5.96 Å². The minimum absolute atomic E-state index is 0. The first-order valence-electron chi connectivity index (χ1n) is 8.53. The zero-order valence-electron chi connectivity index (χ0n) is 15.1. The van der Waals surface area contributed by atoms with E-state index in [1.54, 1.807) is 31.4 Å².